The van der Waals surface area contributed by atoms with Crippen molar-refractivity contribution in [1.29, 1.82) is 0 Å². The fraction of sp³-hybridized carbons (Fsp3) is 0.357. The SMILES string of the molecule is CNCc1csc(CCOc2cccc(C)c2)n1. The maximum Gasteiger partial charge on any atom is 0.119 e. The zero-order valence-electron chi connectivity index (χ0n) is 10.8. The van der Waals surface area contributed by atoms with E-state index in [0.717, 1.165) is 29.4 Å². The molecule has 2 rings (SSSR count). The molecule has 0 unspecified atom stereocenters. The number of nitrogens with zero attached hydrogens (tertiary/aromatic N) is 1. The van der Waals surface area contributed by atoms with E-state index in [1.54, 1.807) is 11.3 Å². The molecule has 0 bridgehead atoms. The van der Waals surface area contributed by atoms with Crippen LogP contribution in [0.1, 0.15) is 16.3 Å². The van der Waals surface area contributed by atoms with Crippen LogP contribution in [-0.2, 0) is 13.0 Å². The lowest BCUT2D eigenvalue weighted by Crippen LogP contribution is -2.06. The first-order valence-corrected chi connectivity index (χ1v) is 6.93. The Morgan fingerprint density at radius 3 is 3.06 bits per heavy atom. The summed E-state index contributed by atoms with van der Waals surface area (Å²) in [5, 5.41) is 6.33. The highest BCUT2D eigenvalue weighted by Crippen LogP contribution is 2.14. The van der Waals surface area contributed by atoms with Gasteiger partial charge in [0.15, 0.2) is 0 Å². The maximum atomic E-state index is 5.71. The van der Waals surface area contributed by atoms with E-state index >= 15 is 0 Å². The molecule has 96 valence electrons. The van der Waals surface area contributed by atoms with E-state index in [9.17, 15) is 0 Å². The molecule has 2 aromatic rings. The van der Waals surface area contributed by atoms with Gasteiger partial charge in [-0.1, -0.05) is 12.1 Å². The van der Waals surface area contributed by atoms with E-state index in [-0.39, 0.29) is 0 Å². The quantitative estimate of drug-likeness (QED) is 0.869. The summed E-state index contributed by atoms with van der Waals surface area (Å²) in [5.74, 6) is 0.932. The monoisotopic (exact) mass is 262 g/mol. The van der Waals surface area contributed by atoms with Crippen molar-refractivity contribution >= 4 is 11.3 Å². The van der Waals surface area contributed by atoms with Crippen LogP contribution in [0.5, 0.6) is 5.75 Å². The predicted octanol–water partition coefficient (Wildman–Crippen LogP) is 2.79. The largest absolute Gasteiger partial charge is 0.493 e. The highest BCUT2D eigenvalue weighted by atomic mass is 32.1. The van der Waals surface area contributed by atoms with E-state index in [1.807, 2.05) is 25.2 Å². The molecular formula is C14H18N2OS. The van der Waals surface area contributed by atoms with Gasteiger partial charge in [-0.2, -0.15) is 0 Å². The zero-order chi connectivity index (χ0) is 12.8. The summed E-state index contributed by atoms with van der Waals surface area (Å²) in [6.07, 6.45) is 0.863. The van der Waals surface area contributed by atoms with Crippen molar-refractivity contribution in [3.63, 3.8) is 0 Å². The molecule has 3 nitrogen and oxygen atoms in total. The summed E-state index contributed by atoms with van der Waals surface area (Å²) in [5.41, 5.74) is 2.33. The van der Waals surface area contributed by atoms with Crippen LogP contribution in [0.25, 0.3) is 0 Å². The number of thiazole rings is 1. The number of aromatic nitrogens is 1. The molecule has 0 spiro atoms. The summed E-state index contributed by atoms with van der Waals surface area (Å²) in [6, 6.07) is 8.12. The second-order valence-electron chi connectivity index (χ2n) is 4.18. The highest BCUT2D eigenvalue weighted by molar-refractivity contribution is 7.09. The third-order valence-corrected chi connectivity index (χ3v) is 3.49. The minimum Gasteiger partial charge on any atom is -0.493 e. The number of hydrogen-bond acceptors (Lipinski definition) is 4. The minimum atomic E-state index is 0.677. The van der Waals surface area contributed by atoms with Gasteiger partial charge in [0.05, 0.1) is 17.3 Å². The molecule has 0 fully saturated rings. The summed E-state index contributed by atoms with van der Waals surface area (Å²) in [7, 11) is 1.93. The summed E-state index contributed by atoms with van der Waals surface area (Å²) in [4.78, 5) is 4.52. The number of nitrogens with one attached hydrogen (secondary N) is 1. The van der Waals surface area contributed by atoms with Crippen molar-refractivity contribution in [2.75, 3.05) is 13.7 Å². The molecule has 1 N–H and O–H groups in total. The molecule has 0 aliphatic heterocycles. The Kier molecular flexibility index (Phi) is 4.73. The van der Waals surface area contributed by atoms with Crippen molar-refractivity contribution in [2.45, 2.75) is 19.9 Å². The van der Waals surface area contributed by atoms with Crippen LogP contribution in [0, 0.1) is 6.92 Å². The first-order chi connectivity index (χ1) is 8.78. The number of rotatable bonds is 6. The molecule has 4 heteroatoms. The predicted molar refractivity (Wildman–Crippen MR) is 75.3 cm³/mol. The van der Waals surface area contributed by atoms with Gasteiger partial charge in [0.1, 0.15) is 5.75 Å². The molecule has 0 aliphatic rings. The number of benzene rings is 1. The number of aryl methyl sites for hydroxylation is 1. The second-order valence-corrected chi connectivity index (χ2v) is 5.12. The van der Waals surface area contributed by atoms with Gasteiger partial charge in [-0.05, 0) is 31.7 Å². The molecule has 0 amide bonds. The number of ether oxygens (including phenoxy) is 1. The Morgan fingerprint density at radius 1 is 1.39 bits per heavy atom. The number of hydrogen-bond donors (Lipinski definition) is 1. The van der Waals surface area contributed by atoms with Crippen molar-refractivity contribution in [2.24, 2.45) is 0 Å². The molecule has 0 radical (unpaired) electrons. The maximum absolute atomic E-state index is 5.71. The van der Waals surface area contributed by atoms with E-state index in [1.165, 1.54) is 5.56 Å². The van der Waals surface area contributed by atoms with E-state index in [0.29, 0.717) is 6.61 Å². The van der Waals surface area contributed by atoms with Gasteiger partial charge in [-0.3, -0.25) is 0 Å². The summed E-state index contributed by atoms with van der Waals surface area (Å²) >= 11 is 1.70. The summed E-state index contributed by atoms with van der Waals surface area (Å²) in [6.45, 7) is 3.57. The fourth-order valence-electron chi connectivity index (χ4n) is 1.69. The van der Waals surface area contributed by atoms with Crippen molar-refractivity contribution in [3.05, 3.63) is 45.9 Å². The standard InChI is InChI=1S/C14H18N2OS/c1-11-4-3-5-13(8-11)17-7-6-14-16-12(9-15-2)10-18-14/h3-5,8,10,15H,6-7,9H2,1-2H3. The van der Waals surface area contributed by atoms with Crippen molar-refractivity contribution in [1.82, 2.24) is 10.3 Å². The third-order valence-electron chi connectivity index (χ3n) is 2.53. The fourth-order valence-corrected chi connectivity index (χ4v) is 2.47. The van der Waals surface area contributed by atoms with Crippen LogP contribution in [-0.4, -0.2) is 18.6 Å². The molecule has 0 atom stereocenters. The Morgan fingerprint density at radius 2 is 2.28 bits per heavy atom. The molecule has 1 heterocycles. The summed E-state index contributed by atoms with van der Waals surface area (Å²) < 4.78 is 5.71. The van der Waals surface area contributed by atoms with Gasteiger partial charge < -0.3 is 10.1 Å². The zero-order valence-corrected chi connectivity index (χ0v) is 11.6. The average Bonchev–Trinajstić information content (AvgIpc) is 2.78. The van der Waals surface area contributed by atoms with Crippen LogP contribution in [0.2, 0.25) is 0 Å². The van der Waals surface area contributed by atoms with Gasteiger partial charge in [0.25, 0.3) is 0 Å². The highest BCUT2D eigenvalue weighted by Gasteiger charge is 2.02. The Balaban J connectivity index is 1.81. The molecule has 0 aliphatic carbocycles. The first kappa shape index (κ1) is 13.1. The Hall–Kier alpha value is -1.39. The lowest BCUT2D eigenvalue weighted by molar-refractivity contribution is 0.321. The van der Waals surface area contributed by atoms with Gasteiger partial charge in [-0.15, -0.1) is 11.3 Å². The average molecular weight is 262 g/mol. The van der Waals surface area contributed by atoms with Crippen LogP contribution in [0.15, 0.2) is 29.6 Å². The molecule has 0 saturated carbocycles. The van der Waals surface area contributed by atoms with Crippen molar-refractivity contribution in [3.8, 4) is 5.75 Å². The second kappa shape index (κ2) is 6.52. The first-order valence-electron chi connectivity index (χ1n) is 6.05. The molecule has 1 aromatic heterocycles. The van der Waals surface area contributed by atoms with Gasteiger partial charge in [0, 0.05) is 18.3 Å². The molecular weight excluding hydrogens is 244 g/mol. The van der Waals surface area contributed by atoms with Crippen LogP contribution < -0.4 is 10.1 Å². The topological polar surface area (TPSA) is 34.1 Å². The Bertz CT molecular complexity index is 496. The van der Waals surface area contributed by atoms with Crippen LogP contribution in [0.4, 0.5) is 0 Å². The van der Waals surface area contributed by atoms with Crippen molar-refractivity contribution < 1.29 is 4.74 Å². The third kappa shape index (κ3) is 3.82. The normalized spacial score (nSPS) is 10.6. The van der Waals surface area contributed by atoms with Crippen LogP contribution in [0.3, 0.4) is 0 Å². The van der Waals surface area contributed by atoms with E-state index in [4.69, 9.17) is 4.74 Å². The Labute approximate surface area is 112 Å². The lowest BCUT2D eigenvalue weighted by atomic mass is 10.2. The van der Waals surface area contributed by atoms with Crippen LogP contribution >= 0.6 is 11.3 Å². The smallest absolute Gasteiger partial charge is 0.119 e. The van der Waals surface area contributed by atoms with E-state index < -0.39 is 0 Å². The minimum absolute atomic E-state index is 0.677. The van der Waals surface area contributed by atoms with Gasteiger partial charge in [-0.25, -0.2) is 4.98 Å². The molecule has 18 heavy (non-hydrogen) atoms. The lowest BCUT2D eigenvalue weighted by Gasteiger charge is -2.05. The van der Waals surface area contributed by atoms with Gasteiger partial charge >= 0.3 is 0 Å². The molecule has 0 saturated heterocycles. The van der Waals surface area contributed by atoms with E-state index in [2.05, 4.69) is 28.7 Å². The molecule has 1 aromatic carbocycles. The van der Waals surface area contributed by atoms with Gasteiger partial charge in [0.2, 0.25) is 0 Å².